The molecule has 0 aliphatic carbocycles. The zero-order valence-corrected chi connectivity index (χ0v) is 15.3. The first-order chi connectivity index (χ1) is 10.8. The van der Waals surface area contributed by atoms with Gasteiger partial charge in [-0.05, 0) is 30.4 Å². The van der Waals surface area contributed by atoms with E-state index in [-0.39, 0.29) is 43.1 Å². The molecule has 1 saturated heterocycles. The van der Waals surface area contributed by atoms with Crippen LogP contribution in [0.25, 0.3) is 0 Å². The molecule has 0 saturated carbocycles. The molecule has 0 aromatic rings. The molecule has 0 spiro atoms. The smallest absolute Gasteiger partial charge is 0.321 e. The molecule has 1 unspecified atom stereocenters. The van der Waals surface area contributed by atoms with E-state index in [0.29, 0.717) is 12.7 Å². The van der Waals surface area contributed by atoms with Crippen molar-refractivity contribution < 1.29 is 28.7 Å². The minimum absolute atomic E-state index is 0.181. The first kappa shape index (κ1) is 20.7. The van der Waals surface area contributed by atoms with Crippen LogP contribution in [0.5, 0.6) is 0 Å². The van der Waals surface area contributed by atoms with Crippen LogP contribution < -0.4 is 0 Å². The van der Waals surface area contributed by atoms with Crippen molar-refractivity contribution in [3.8, 4) is 0 Å². The molecule has 2 amide bonds. The summed E-state index contributed by atoms with van der Waals surface area (Å²) in [6, 6.07) is 0. The summed E-state index contributed by atoms with van der Waals surface area (Å²) in [4.78, 5) is 53.0. The summed E-state index contributed by atoms with van der Waals surface area (Å²) in [7, 11) is 0. The lowest BCUT2D eigenvalue weighted by atomic mass is 10.2. The van der Waals surface area contributed by atoms with Crippen LogP contribution in [0.4, 0.5) is 0 Å². The fourth-order valence-corrected chi connectivity index (χ4v) is 3.94. The van der Waals surface area contributed by atoms with Gasteiger partial charge in [0.2, 0.25) is 11.8 Å². The van der Waals surface area contributed by atoms with Crippen LogP contribution in [-0.2, 0) is 30.7 Å². The number of amides is 2. The second-order valence-electron chi connectivity index (χ2n) is 5.14. The molecule has 0 aromatic heterocycles. The number of nitrogens with zero attached hydrogens (tertiary/aromatic N) is 1. The summed E-state index contributed by atoms with van der Waals surface area (Å²) >= 11 is 5.81. The molecule has 1 aliphatic rings. The molecule has 2 N–H and O–H groups in total. The number of aldehydes is 1. The highest BCUT2D eigenvalue weighted by Crippen LogP contribution is 2.36. The number of likely N-dealkylation sites (tertiary alicyclic amines) is 1. The Bertz CT molecular complexity index is 469. The van der Waals surface area contributed by atoms with Gasteiger partial charge in [-0.25, -0.2) is 0 Å². The molecule has 0 radical (unpaired) electrons. The molecule has 1 fully saturated rings. The van der Waals surface area contributed by atoms with E-state index in [0.717, 1.165) is 25.0 Å². The lowest BCUT2D eigenvalue weighted by molar-refractivity contribution is -0.138. The van der Waals surface area contributed by atoms with Crippen molar-refractivity contribution in [2.45, 2.75) is 43.8 Å². The van der Waals surface area contributed by atoms with E-state index in [4.69, 9.17) is 14.3 Å². The Kier molecular flexibility index (Phi) is 9.50. The van der Waals surface area contributed by atoms with Gasteiger partial charge in [-0.1, -0.05) is 12.8 Å². The molecule has 0 aromatic carbocycles. The van der Waals surface area contributed by atoms with Crippen LogP contribution in [0.1, 0.15) is 38.5 Å². The average molecular weight is 383 g/mol. The highest BCUT2D eigenvalue weighted by Gasteiger charge is 2.38. The summed E-state index contributed by atoms with van der Waals surface area (Å²) in [6.45, 7) is -3.12. The van der Waals surface area contributed by atoms with Gasteiger partial charge in [0, 0.05) is 19.4 Å². The minimum atomic E-state index is -3.54. The Hall–Kier alpha value is -0.310. The fourth-order valence-electron chi connectivity index (χ4n) is 2.17. The van der Waals surface area contributed by atoms with Crippen molar-refractivity contribution in [1.29, 1.82) is 0 Å². The van der Waals surface area contributed by atoms with Crippen molar-refractivity contribution in [2.24, 2.45) is 0 Å². The molecular weight excluding hydrogens is 361 g/mol. The van der Waals surface area contributed by atoms with Gasteiger partial charge in [0.1, 0.15) is 6.29 Å². The Labute approximate surface area is 145 Å². The number of hydrogen-bond donors (Lipinski definition) is 2. The number of carbonyl (C=O) groups is 3. The molecule has 1 aliphatic heterocycles. The second kappa shape index (κ2) is 10.5. The van der Waals surface area contributed by atoms with E-state index in [9.17, 15) is 14.4 Å². The van der Waals surface area contributed by atoms with Gasteiger partial charge >= 0.3 is 6.72 Å². The van der Waals surface area contributed by atoms with Crippen LogP contribution in [0.2, 0.25) is 0 Å². The van der Waals surface area contributed by atoms with Gasteiger partial charge in [0.05, 0.1) is 11.9 Å². The molecule has 7 nitrogen and oxygen atoms in total. The summed E-state index contributed by atoms with van der Waals surface area (Å²) in [5.74, 6) is 0.395. The third-order valence-electron chi connectivity index (χ3n) is 3.29. The second-order valence-corrected chi connectivity index (χ2v) is 9.12. The molecule has 1 atom stereocenters. The predicted molar refractivity (Wildman–Crippen MR) is 91.4 cm³/mol. The Balaban J connectivity index is 2.10. The van der Waals surface area contributed by atoms with Crippen LogP contribution in [0.15, 0.2) is 0 Å². The minimum Gasteiger partial charge on any atom is -0.325 e. The third-order valence-corrected chi connectivity index (χ3v) is 5.42. The molecule has 23 heavy (non-hydrogen) atoms. The summed E-state index contributed by atoms with van der Waals surface area (Å²) in [5, 5.41) is -0.327. The molecule has 10 heteroatoms. The lowest BCUT2D eigenvalue weighted by Crippen LogP contribution is -2.32. The van der Waals surface area contributed by atoms with Crippen LogP contribution in [0.3, 0.4) is 0 Å². The van der Waals surface area contributed by atoms with Crippen LogP contribution >= 0.6 is 18.5 Å². The Morgan fingerprint density at radius 3 is 2.65 bits per heavy atom. The zero-order chi connectivity index (χ0) is 17.3. The van der Waals surface area contributed by atoms with Gasteiger partial charge in [0.25, 0.3) is 0 Å². The Morgan fingerprint density at radius 2 is 2.00 bits per heavy atom. The number of carbonyl (C=O) groups excluding carboxylic acids is 3. The first-order valence-electron chi connectivity index (χ1n) is 7.44. The number of hydrogen-bond acceptors (Lipinski definition) is 6. The van der Waals surface area contributed by atoms with Crippen LogP contribution in [-0.4, -0.2) is 56.9 Å². The topological polar surface area (TPSA) is 104 Å². The lowest BCUT2D eigenvalue weighted by Gasteiger charge is -2.13. The number of rotatable bonds is 12. The summed E-state index contributed by atoms with van der Waals surface area (Å²) in [5.41, 5.74) is 0. The van der Waals surface area contributed by atoms with Gasteiger partial charge in [-0.2, -0.15) is 0 Å². The van der Waals surface area contributed by atoms with Gasteiger partial charge in [-0.15, -0.1) is 11.8 Å². The van der Waals surface area contributed by atoms with E-state index in [1.54, 1.807) is 0 Å². The highest BCUT2D eigenvalue weighted by molar-refractivity contribution is 8.06. The van der Waals surface area contributed by atoms with E-state index < -0.39 is 6.72 Å². The maximum absolute atomic E-state index is 12.0. The maximum Gasteiger partial charge on any atom is 0.321 e. The normalized spacial score (nSPS) is 18.7. The maximum atomic E-state index is 12.0. The van der Waals surface area contributed by atoms with E-state index in [1.165, 1.54) is 16.7 Å². The van der Waals surface area contributed by atoms with Crippen molar-refractivity contribution in [1.82, 2.24) is 4.90 Å². The summed E-state index contributed by atoms with van der Waals surface area (Å²) < 4.78 is 4.71. The SMILES string of the molecule is O=CCCN1C(=O)CC(SCCCCCCOP(O)(O)=S)C1=O. The number of thioether (sulfide) groups is 1. The monoisotopic (exact) mass is 383 g/mol. The largest absolute Gasteiger partial charge is 0.325 e. The molecular formula is C13H22NO6PS2. The molecule has 0 bridgehead atoms. The molecule has 132 valence electrons. The van der Waals surface area contributed by atoms with Crippen molar-refractivity contribution >= 4 is 48.4 Å². The third kappa shape index (κ3) is 8.37. The molecule has 1 heterocycles. The molecule has 1 rings (SSSR count). The van der Waals surface area contributed by atoms with Crippen LogP contribution in [0, 0.1) is 0 Å². The van der Waals surface area contributed by atoms with Gasteiger partial charge in [0.15, 0.2) is 0 Å². The predicted octanol–water partition coefficient (Wildman–Crippen LogP) is 1.22. The highest BCUT2D eigenvalue weighted by atomic mass is 32.5. The number of unbranched alkanes of at least 4 members (excludes halogenated alkanes) is 3. The summed E-state index contributed by atoms with van der Waals surface area (Å²) in [6.07, 6.45) is 4.52. The first-order valence-corrected chi connectivity index (χ1v) is 11.1. The van der Waals surface area contributed by atoms with Crippen molar-refractivity contribution in [3.63, 3.8) is 0 Å². The average Bonchev–Trinajstić information content (AvgIpc) is 2.73. The fraction of sp³-hybridized carbons (Fsp3) is 0.769. The number of imide groups is 1. The van der Waals surface area contributed by atoms with E-state index >= 15 is 0 Å². The van der Waals surface area contributed by atoms with Crippen molar-refractivity contribution in [3.05, 3.63) is 0 Å². The van der Waals surface area contributed by atoms with Gasteiger partial charge < -0.3 is 19.1 Å². The van der Waals surface area contributed by atoms with Crippen molar-refractivity contribution in [2.75, 3.05) is 18.9 Å². The quantitative estimate of drug-likeness (QED) is 0.224. The van der Waals surface area contributed by atoms with Gasteiger partial charge in [-0.3, -0.25) is 14.5 Å². The Morgan fingerprint density at radius 1 is 1.30 bits per heavy atom. The standard InChI is InChI=1S/C13H22NO6PS2/c15-7-5-6-14-12(16)10-11(13(14)17)23-9-4-2-1-3-8-20-21(18,19)22/h7,11H,1-6,8-10H2,(H2,18,19,22). The van der Waals surface area contributed by atoms with E-state index in [1.807, 2.05) is 0 Å². The zero-order valence-electron chi connectivity index (χ0n) is 12.8. The van der Waals surface area contributed by atoms with E-state index in [2.05, 4.69) is 11.8 Å².